The van der Waals surface area contributed by atoms with Gasteiger partial charge >= 0.3 is 0 Å². The van der Waals surface area contributed by atoms with Gasteiger partial charge in [-0.3, -0.25) is 0 Å². The lowest BCUT2D eigenvalue weighted by atomic mass is 9.38. The van der Waals surface area contributed by atoms with Crippen LogP contribution in [0.15, 0.2) is 0 Å². The number of rotatable bonds is 0. The summed E-state index contributed by atoms with van der Waals surface area (Å²) in [7, 11) is 0. The van der Waals surface area contributed by atoms with E-state index in [1.165, 1.54) is 51.4 Å². The van der Waals surface area contributed by atoms with Crippen LogP contribution in [0.1, 0.15) is 85.5 Å². The third kappa shape index (κ3) is 1.62. The van der Waals surface area contributed by atoms with Crippen molar-refractivity contribution in [3.05, 3.63) is 0 Å². The van der Waals surface area contributed by atoms with Crippen molar-refractivity contribution in [1.29, 1.82) is 0 Å². The largest absolute Gasteiger partial charge is 0.393 e. The fraction of sp³-hybridized carbons (Fsp3) is 1.00. The molecule has 0 amide bonds. The Morgan fingerprint density at radius 3 is 2.43 bits per heavy atom. The van der Waals surface area contributed by atoms with E-state index in [2.05, 4.69) is 27.7 Å². The lowest BCUT2D eigenvalue weighted by Gasteiger charge is -2.67. The van der Waals surface area contributed by atoms with Crippen LogP contribution < -0.4 is 0 Å². The van der Waals surface area contributed by atoms with Gasteiger partial charge in [0.15, 0.2) is 0 Å². The molecule has 1 unspecified atom stereocenters. The highest BCUT2D eigenvalue weighted by molar-refractivity contribution is 5.18. The SMILES string of the molecule is CC1(C)CCC[C@@]2(C)[C@H]1CC[C@H]1C[C@@H](O)C3(C)CC[C@]12C3. The molecule has 1 spiro atoms. The zero-order valence-corrected chi connectivity index (χ0v) is 14.5. The van der Waals surface area contributed by atoms with Gasteiger partial charge < -0.3 is 5.11 Å². The molecule has 2 bridgehead atoms. The van der Waals surface area contributed by atoms with Crippen LogP contribution in [0.25, 0.3) is 0 Å². The number of aliphatic hydroxyl groups is 1. The molecule has 1 N–H and O–H groups in total. The number of hydrogen-bond donors (Lipinski definition) is 1. The van der Waals surface area contributed by atoms with Crippen LogP contribution in [0, 0.1) is 33.5 Å². The van der Waals surface area contributed by atoms with Crippen molar-refractivity contribution >= 4 is 0 Å². The van der Waals surface area contributed by atoms with Crippen molar-refractivity contribution in [3.63, 3.8) is 0 Å². The first-order valence-corrected chi connectivity index (χ1v) is 9.42. The van der Waals surface area contributed by atoms with Crippen LogP contribution in [0.5, 0.6) is 0 Å². The van der Waals surface area contributed by atoms with E-state index in [9.17, 15) is 5.11 Å². The fourth-order valence-electron chi connectivity index (χ4n) is 7.96. The molecule has 0 aliphatic heterocycles. The zero-order valence-electron chi connectivity index (χ0n) is 14.5. The van der Waals surface area contributed by atoms with Crippen molar-refractivity contribution < 1.29 is 5.11 Å². The molecule has 4 saturated carbocycles. The molecule has 1 nitrogen and oxygen atoms in total. The van der Waals surface area contributed by atoms with Gasteiger partial charge in [0, 0.05) is 0 Å². The first-order valence-electron chi connectivity index (χ1n) is 9.42. The van der Waals surface area contributed by atoms with E-state index >= 15 is 0 Å². The molecule has 4 rings (SSSR count). The Bertz CT molecular complexity index is 455. The van der Waals surface area contributed by atoms with Gasteiger partial charge in [0.2, 0.25) is 0 Å². The van der Waals surface area contributed by atoms with Crippen molar-refractivity contribution in [3.8, 4) is 0 Å². The minimum absolute atomic E-state index is 0.0325. The van der Waals surface area contributed by atoms with Crippen LogP contribution >= 0.6 is 0 Å². The second-order valence-electron chi connectivity index (χ2n) is 10.3. The van der Waals surface area contributed by atoms with Crippen LogP contribution in [-0.4, -0.2) is 11.2 Å². The average Bonchev–Trinajstić information content (AvgIpc) is 2.70. The summed E-state index contributed by atoms with van der Waals surface area (Å²) in [4.78, 5) is 0. The van der Waals surface area contributed by atoms with Gasteiger partial charge in [-0.1, -0.05) is 34.1 Å². The zero-order chi connectivity index (χ0) is 15.1. The van der Waals surface area contributed by atoms with Gasteiger partial charge in [-0.05, 0) is 84.9 Å². The van der Waals surface area contributed by atoms with E-state index in [0.717, 1.165) is 18.3 Å². The molecule has 0 saturated heterocycles. The Balaban J connectivity index is 1.79. The molecule has 0 aromatic heterocycles. The van der Waals surface area contributed by atoms with Crippen LogP contribution in [0.3, 0.4) is 0 Å². The van der Waals surface area contributed by atoms with Crippen LogP contribution in [0.4, 0.5) is 0 Å². The topological polar surface area (TPSA) is 20.2 Å². The minimum atomic E-state index is -0.0325. The molecule has 120 valence electrons. The summed E-state index contributed by atoms with van der Waals surface area (Å²) in [6.45, 7) is 10.1. The number of aliphatic hydroxyl groups excluding tert-OH is 1. The summed E-state index contributed by atoms with van der Waals surface area (Å²) >= 11 is 0. The molecule has 0 heterocycles. The lowest BCUT2D eigenvalue weighted by Crippen LogP contribution is -2.60. The maximum atomic E-state index is 10.7. The summed E-state index contributed by atoms with van der Waals surface area (Å²) in [6.07, 6.45) is 12.1. The van der Waals surface area contributed by atoms with Crippen LogP contribution in [-0.2, 0) is 0 Å². The molecule has 0 aromatic rings. The van der Waals surface area contributed by atoms with Gasteiger partial charge in [-0.25, -0.2) is 0 Å². The maximum absolute atomic E-state index is 10.7. The van der Waals surface area contributed by atoms with E-state index in [1.807, 2.05) is 0 Å². The quantitative estimate of drug-likeness (QED) is 0.652. The molecular weight excluding hydrogens is 256 g/mol. The molecule has 21 heavy (non-hydrogen) atoms. The molecule has 0 aromatic carbocycles. The molecule has 4 aliphatic rings. The second kappa shape index (κ2) is 4.08. The minimum Gasteiger partial charge on any atom is -0.393 e. The standard InChI is InChI=1S/C20H34O/c1-17(2)8-5-9-19(4)15(17)7-6-14-12-16(21)18(3)10-11-20(14,19)13-18/h14-16,21H,5-13H2,1-4H3/t14-,15-,16+,18?,19-,20-/m0/s1. The summed E-state index contributed by atoms with van der Waals surface area (Å²) < 4.78 is 0. The van der Waals surface area contributed by atoms with Crippen molar-refractivity contribution in [2.75, 3.05) is 0 Å². The monoisotopic (exact) mass is 290 g/mol. The third-order valence-corrected chi connectivity index (χ3v) is 9.13. The Hall–Kier alpha value is -0.0400. The van der Waals surface area contributed by atoms with E-state index in [4.69, 9.17) is 0 Å². The van der Waals surface area contributed by atoms with Gasteiger partial charge in [-0.15, -0.1) is 0 Å². The van der Waals surface area contributed by atoms with Gasteiger partial charge in [0.25, 0.3) is 0 Å². The number of fused-ring (bicyclic) bond motifs is 2. The van der Waals surface area contributed by atoms with Crippen molar-refractivity contribution in [2.45, 2.75) is 91.6 Å². The highest BCUT2D eigenvalue weighted by Crippen LogP contribution is 2.76. The molecule has 0 radical (unpaired) electrons. The molecule has 4 fully saturated rings. The normalized spacial score (nSPS) is 58.4. The van der Waals surface area contributed by atoms with E-state index < -0.39 is 0 Å². The van der Waals surface area contributed by atoms with E-state index in [1.54, 1.807) is 0 Å². The smallest absolute Gasteiger partial charge is 0.0596 e. The van der Waals surface area contributed by atoms with Crippen molar-refractivity contribution in [2.24, 2.45) is 33.5 Å². The Labute approximate surface area is 130 Å². The summed E-state index contributed by atoms with van der Waals surface area (Å²) in [5, 5.41) is 10.7. The fourth-order valence-corrected chi connectivity index (χ4v) is 7.96. The van der Waals surface area contributed by atoms with E-state index in [-0.39, 0.29) is 11.5 Å². The summed E-state index contributed by atoms with van der Waals surface area (Å²) in [6, 6.07) is 0. The first kappa shape index (κ1) is 14.5. The predicted octanol–water partition coefficient (Wildman–Crippen LogP) is 5.17. The molecular formula is C20H34O. The van der Waals surface area contributed by atoms with Gasteiger partial charge in [0.1, 0.15) is 0 Å². The van der Waals surface area contributed by atoms with Gasteiger partial charge in [-0.2, -0.15) is 0 Å². The predicted molar refractivity (Wildman–Crippen MR) is 87.0 cm³/mol. The average molecular weight is 290 g/mol. The molecule has 4 aliphatic carbocycles. The van der Waals surface area contributed by atoms with Crippen LogP contribution in [0.2, 0.25) is 0 Å². The molecule has 6 atom stereocenters. The first-order chi connectivity index (χ1) is 9.74. The van der Waals surface area contributed by atoms with Crippen molar-refractivity contribution in [1.82, 2.24) is 0 Å². The highest BCUT2D eigenvalue weighted by Gasteiger charge is 2.68. The van der Waals surface area contributed by atoms with Gasteiger partial charge in [0.05, 0.1) is 6.10 Å². The Kier molecular flexibility index (Phi) is 2.82. The highest BCUT2D eigenvalue weighted by atomic mass is 16.3. The lowest BCUT2D eigenvalue weighted by molar-refractivity contribution is -0.189. The Morgan fingerprint density at radius 1 is 0.905 bits per heavy atom. The maximum Gasteiger partial charge on any atom is 0.0596 e. The second-order valence-corrected chi connectivity index (χ2v) is 10.3. The van der Waals surface area contributed by atoms with E-state index in [0.29, 0.717) is 16.2 Å². The Morgan fingerprint density at radius 2 is 1.67 bits per heavy atom. The summed E-state index contributed by atoms with van der Waals surface area (Å²) in [5.74, 6) is 1.71. The third-order valence-electron chi connectivity index (χ3n) is 9.13. The number of hydrogen-bond acceptors (Lipinski definition) is 1. The molecule has 1 heteroatoms. The summed E-state index contributed by atoms with van der Waals surface area (Å²) in [5.41, 5.74) is 1.85.